The highest BCUT2D eigenvalue weighted by molar-refractivity contribution is 5.94. The largest absolute Gasteiger partial charge is 0.351 e. The summed E-state index contributed by atoms with van der Waals surface area (Å²) < 4.78 is 1.47. The van der Waals surface area contributed by atoms with E-state index in [1.54, 1.807) is 18.2 Å². The Kier molecular flexibility index (Phi) is 6.30. The van der Waals surface area contributed by atoms with E-state index < -0.39 is 4.92 Å². The van der Waals surface area contributed by atoms with Gasteiger partial charge in [-0.1, -0.05) is 32.0 Å². The van der Waals surface area contributed by atoms with Gasteiger partial charge in [0.25, 0.3) is 11.6 Å². The van der Waals surface area contributed by atoms with Crippen LogP contribution in [-0.4, -0.2) is 27.2 Å². The summed E-state index contributed by atoms with van der Waals surface area (Å²) in [5, 5.41) is 18.7. The van der Waals surface area contributed by atoms with Crippen molar-refractivity contribution in [3.05, 3.63) is 75.5 Å². The molecule has 2 aromatic carbocycles. The van der Waals surface area contributed by atoms with Crippen LogP contribution in [0, 0.1) is 29.9 Å². The van der Waals surface area contributed by atoms with Gasteiger partial charge in [0.1, 0.15) is 5.69 Å². The Morgan fingerprint density at radius 3 is 2.57 bits per heavy atom. The Bertz CT molecular complexity index is 1090. The van der Waals surface area contributed by atoms with Crippen LogP contribution in [0.25, 0.3) is 16.9 Å². The molecule has 0 radical (unpaired) electrons. The molecule has 0 aliphatic carbocycles. The molecule has 0 atom stereocenters. The van der Waals surface area contributed by atoms with Crippen LogP contribution >= 0.6 is 0 Å². The second-order valence-electron chi connectivity index (χ2n) is 7.84. The number of nitro groups is 1. The number of benzene rings is 2. The van der Waals surface area contributed by atoms with Gasteiger partial charge in [-0.3, -0.25) is 14.9 Å². The number of nitrogens with zero attached hydrogens (tertiary/aromatic N) is 3. The highest BCUT2D eigenvalue weighted by Gasteiger charge is 2.19. The first-order valence-corrected chi connectivity index (χ1v) is 9.97. The van der Waals surface area contributed by atoms with E-state index in [2.05, 4.69) is 24.3 Å². The molecule has 1 amide bonds. The number of rotatable bonds is 7. The summed E-state index contributed by atoms with van der Waals surface area (Å²) in [4.78, 5) is 23.6. The van der Waals surface area contributed by atoms with E-state index in [1.807, 2.05) is 32.0 Å². The predicted molar refractivity (Wildman–Crippen MR) is 117 cm³/mol. The van der Waals surface area contributed by atoms with Gasteiger partial charge in [0.05, 0.1) is 16.3 Å². The zero-order chi connectivity index (χ0) is 21.8. The van der Waals surface area contributed by atoms with Gasteiger partial charge < -0.3 is 5.32 Å². The van der Waals surface area contributed by atoms with E-state index in [0.717, 1.165) is 17.5 Å². The minimum atomic E-state index is -0.459. The van der Waals surface area contributed by atoms with Gasteiger partial charge in [-0.15, -0.1) is 0 Å². The first-order chi connectivity index (χ1) is 14.3. The quantitative estimate of drug-likeness (QED) is 0.449. The van der Waals surface area contributed by atoms with Crippen LogP contribution in [0.1, 0.15) is 41.9 Å². The number of aryl methyl sites for hydroxylation is 2. The van der Waals surface area contributed by atoms with Crippen molar-refractivity contribution in [1.29, 1.82) is 0 Å². The van der Waals surface area contributed by atoms with E-state index in [1.165, 1.54) is 22.4 Å². The Labute approximate surface area is 175 Å². The molecule has 3 aromatic rings. The van der Waals surface area contributed by atoms with Gasteiger partial charge in [-0.05, 0) is 55.5 Å². The lowest BCUT2D eigenvalue weighted by Crippen LogP contribution is -2.27. The molecule has 0 unspecified atom stereocenters. The molecule has 0 spiro atoms. The summed E-state index contributed by atoms with van der Waals surface area (Å²) in [7, 11) is 0. The first kappa shape index (κ1) is 21.2. The molecule has 0 aliphatic heterocycles. The molecule has 3 rings (SSSR count). The maximum absolute atomic E-state index is 12.9. The van der Waals surface area contributed by atoms with Crippen LogP contribution in [-0.2, 0) is 0 Å². The lowest BCUT2D eigenvalue weighted by molar-refractivity contribution is -0.384. The summed E-state index contributed by atoms with van der Waals surface area (Å²) in [6.45, 7) is 8.80. The van der Waals surface area contributed by atoms with Gasteiger partial charge in [0.2, 0.25) is 0 Å². The third-order valence-corrected chi connectivity index (χ3v) is 5.04. The number of aromatic nitrogens is 2. The first-order valence-electron chi connectivity index (χ1n) is 9.97. The molecule has 7 nitrogen and oxygen atoms in total. The van der Waals surface area contributed by atoms with Crippen molar-refractivity contribution in [2.24, 2.45) is 5.92 Å². The van der Waals surface area contributed by atoms with Crippen LogP contribution in [0.5, 0.6) is 0 Å². The van der Waals surface area contributed by atoms with Crippen LogP contribution in [0.15, 0.2) is 48.5 Å². The summed E-state index contributed by atoms with van der Waals surface area (Å²) in [6, 6.07) is 13.9. The van der Waals surface area contributed by atoms with Crippen molar-refractivity contribution in [3.8, 4) is 16.9 Å². The topological polar surface area (TPSA) is 90.1 Å². The van der Waals surface area contributed by atoms with Gasteiger partial charge >= 0.3 is 0 Å². The molecule has 0 bridgehead atoms. The Morgan fingerprint density at radius 2 is 1.90 bits per heavy atom. The molecule has 1 N–H and O–H groups in total. The molecule has 0 saturated heterocycles. The number of non-ortho nitro benzene ring substituents is 1. The normalized spacial score (nSPS) is 11.0. The van der Waals surface area contributed by atoms with E-state index >= 15 is 0 Å². The highest BCUT2D eigenvalue weighted by Crippen LogP contribution is 2.25. The number of amides is 1. The molecule has 0 aliphatic rings. The molecule has 0 fully saturated rings. The SMILES string of the molecule is Cc1ccc(-c2cc(C(=O)NCCC(C)C)n(-c3cccc([N+](=O)[O-])c3)n2)cc1C. The molecular weight excluding hydrogens is 380 g/mol. The van der Waals surface area contributed by atoms with Gasteiger partial charge in [0.15, 0.2) is 0 Å². The number of carbonyl (C=O) groups excluding carboxylic acids is 1. The van der Waals surface area contributed by atoms with Crippen molar-refractivity contribution in [2.45, 2.75) is 34.1 Å². The number of carbonyl (C=O) groups is 1. The maximum atomic E-state index is 12.9. The van der Waals surface area contributed by atoms with Crippen molar-refractivity contribution in [1.82, 2.24) is 15.1 Å². The standard InChI is InChI=1S/C23H26N4O3/c1-15(2)10-11-24-23(28)22-14-21(18-9-8-16(3)17(4)12-18)25-26(22)19-6-5-7-20(13-19)27(29)30/h5-9,12-15H,10-11H2,1-4H3,(H,24,28). The third-order valence-electron chi connectivity index (χ3n) is 5.04. The molecule has 30 heavy (non-hydrogen) atoms. The van der Waals surface area contributed by atoms with Crippen LogP contribution in [0.4, 0.5) is 5.69 Å². The van der Waals surface area contributed by atoms with E-state index in [0.29, 0.717) is 29.5 Å². The number of hydrogen-bond acceptors (Lipinski definition) is 4. The summed E-state index contributed by atoms with van der Waals surface area (Å²) in [5.74, 6) is 0.211. The minimum absolute atomic E-state index is 0.0538. The monoisotopic (exact) mass is 406 g/mol. The highest BCUT2D eigenvalue weighted by atomic mass is 16.6. The summed E-state index contributed by atoms with van der Waals surface area (Å²) >= 11 is 0. The number of nitro benzene ring substituents is 1. The van der Waals surface area contributed by atoms with Crippen LogP contribution < -0.4 is 5.32 Å². The average Bonchev–Trinajstić information content (AvgIpc) is 3.15. The Balaban J connectivity index is 2.05. The zero-order valence-corrected chi connectivity index (χ0v) is 17.7. The average molecular weight is 406 g/mol. The molecule has 156 valence electrons. The zero-order valence-electron chi connectivity index (χ0n) is 17.7. The molecular formula is C23H26N4O3. The van der Waals surface area contributed by atoms with Crippen molar-refractivity contribution in [3.63, 3.8) is 0 Å². The second-order valence-corrected chi connectivity index (χ2v) is 7.84. The molecule has 1 aromatic heterocycles. The van der Waals surface area contributed by atoms with E-state index in [9.17, 15) is 14.9 Å². The third kappa shape index (κ3) is 4.74. The lowest BCUT2D eigenvalue weighted by atomic mass is 10.0. The maximum Gasteiger partial charge on any atom is 0.271 e. The fraction of sp³-hybridized carbons (Fsp3) is 0.304. The molecule has 0 saturated carbocycles. The van der Waals surface area contributed by atoms with Crippen LogP contribution in [0.2, 0.25) is 0 Å². The molecule has 1 heterocycles. The van der Waals surface area contributed by atoms with E-state index in [4.69, 9.17) is 0 Å². The van der Waals surface area contributed by atoms with Crippen molar-refractivity contribution >= 4 is 11.6 Å². The minimum Gasteiger partial charge on any atom is -0.351 e. The Morgan fingerprint density at radius 1 is 1.13 bits per heavy atom. The Hall–Kier alpha value is -3.48. The summed E-state index contributed by atoms with van der Waals surface area (Å²) in [6.07, 6.45) is 0.862. The van der Waals surface area contributed by atoms with Crippen LogP contribution in [0.3, 0.4) is 0 Å². The second kappa shape index (κ2) is 8.90. The molecule has 7 heteroatoms. The van der Waals surface area contributed by atoms with Crippen molar-refractivity contribution < 1.29 is 9.72 Å². The fourth-order valence-electron chi connectivity index (χ4n) is 3.08. The number of hydrogen-bond donors (Lipinski definition) is 1. The van der Waals surface area contributed by atoms with Gasteiger partial charge in [-0.2, -0.15) is 5.10 Å². The summed E-state index contributed by atoms with van der Waals surface area (Å²) in [5.41, 5.74) is 4.57. The smallest absolute Gasteiger partial charge is 0.271 e. The number of nitrogens with one attached hydrogen (secondary N) is 1. The van der Waals surface area contributed by atoms with E-state index in [-0.39, 0.29) is 11.6 Å². The fourth-order valence-corrected chi connectivity index (χ4v) is 3.08. The van der Waals surface area contributed by atoms with Gasteiger partial charge in [0, 0.05) is 24.2 Å². The van der Waals surface area contributed by atoms with Gasteiger partial charge in [-0.25, -0.2) is 4.68 Å². The lowest BCUT2D eigenvalue weighted by Gasteiger charge is -2.09. The van der Waals surface area contributed by atoms with Crippen molar-refractivity contribution in [2.75, 3.05) is 6.54 Å². The predicted octanol–water partition coefficient (Wildman–Crippen LogP) is 4.84.